The Morgan fingerprint density at radius 3 is 2.20 bits per heavy atom. The van der Waals surface area contributed by atoms with Crippen molar-refractivity contribution >= 4 is 5.78 Å². The summed E-state index contributed by atoms with van der Waals surface area (Å²) in [5, 5.41) is 29.5. The highest BCUT2D eigenvalue weighted by Crippen LogP contribution is 2.24. The summed E-state index contributed by atoms with van der Waals surface area (Å²) in [7, 11) is 0. The van der Waals surface area contributed by atoms with Gasteiger partial charge >= 0.3 is 0 Å². The SMILES string of the molecule is O=C(c1ccccc1O)[C@@](O)(CO)Cc1ccccc1. The number of carbonyl (C=O) groups is 1. The van der Waals surface area contributed by atoms with E-state index in [1.165, 1.54) is 12.1 Å². The Balaban J connectivity index is 2.31. The van der Waals surface area contributed by atoms with Gasteiger partial charge in [0, 0.05) is 6.42 Å². The standard InChI is InChI=1S/C16H16O4/c17-11-16(20,10-12-6-2-1-3-7-12)15(19)13-8-4-5-9-14(13)18/h1-9,17-18,20H,10-11H2/t16-/m0/s1. The highest BCUT2D eigenvalue weighted by molar-refractivity contribution is 6.04. The molecule has 0 saturated carbocycles. The molecule has 3 N–H and O–H groups in total. The minimum Gasteiger partial charge on any atom is -0.507 e. The maximum Gasteiger partial charge on any atom is 0.200 e. The van der Waals surface area contributed by atoms with Gasteiger partial charge in [-0.1, -0.05) is 42.5 Å². The first-order valence-corrected chi connectivity index (χ1v) is 6.27. The Morgan fingerprint density at radius 1 is 1.00 bits per heavy atom. The normalized spacial score (nSPS) is 13.7. The number of carbonyl (C=O) groups excluding carboxylic acids is 1. The lowest BCUT2D eigenvalue weighted by molar-refractivity contribution is -0.00101. The number of benzene rings is 2. The Bertz CT molecular complexity index is 594. The third-order valence-corrected chi connectivity index (χ3v) is 3.17. The van der Waals surface area contributed by atoms with Crippen LogP contribution in [-0.2, 0) is 6.42 Å². The number of rotatable bonds is 5. The van der Waals surface area contributed by atoms with E-state index in [1.807, 2.05) is 6.07 Å². The van der Waals surface area contributed by atoms with Crippen molar-refractivity contribution < 1.29 is 20.1 Å². The lowest BCUT2D eigenvalue weighted by Gasteiger charge is -2.24. The van der Waals surface area contributed by atoms with E-state index in [0.717, 1.165) is 5.56 Å². The largest absolute Gasteiger partial charge is 0.507 e. The quantitative estimate of drug-likeness (QED) is 0.721. The fraction of sp³-hybridized carbons (Fsp3) is 0.188. The van der Waals surface area contributed by atoms with Gasteiger partial charge in [-0.05, 0) is 17.7 Å². The molecule has 0 aliphatic rings. The molecular weight excluding hydrogens is 256 g/mol. The molecule has 0 radical (unpaired) electrons. The highest BCUT2D eigenvalue weighted by atomic mass is 16.3. The van der Waals surface area contributed by atoms with E-state index >= 15 is 0 Å². The summed E-state index contributed by atoms with van der Waals surface area (Å²) in [6, 6.07) is 14.9. The van der Waals surface area contributed by atoms with Crippen LogP contribution in [0.1, 0.15) is 15.9 Å². The number of hydrogen-bond donors (Lipinski definition) is 3. The molecule has 0 amide bonds. The molecule has 20 heavy (non-hydrogen) atoms. The van der Waals surface area contributed by atoms with Crippen LogP contribution < -0.4 is 0 Å². The smallest absolute Gasteiger partial charge is 0.200 e. The molecule has 0 unspecified atom stereocenters. The van der Waals surface area contributed by atoms with Gasteiger partial charge in [0.2, 0.25) is 5.78 Å². The summed E-state index contributed by atoms with van der Waals surface area (Å²) >= 11 is 0. The maximum absolute atomic E-state index is 12.4. The molecule has 2 rings (SSSR count). The van der Waals surface area contributed by atoms with Crippen molar-refractivity contribution in [2.24, 2.45) is 0 Å². The lowest BCUT2D eigenvalue weighted by Crippen LogP contribution is -2.44. The van der Waals surface area contributed by atoms with Crippen LogP contribution in [0.25, 0.3) is 0 Å². The fourth-order valence-corrected chi connectivity index (χ4v) is 2.06. The van der Waals surface area contributed by atoms with E-state index in [-0.39, 0.29) is 17.7 Å². The number of phenols is 1. The van der Waals surface area contributed by atoms with Crippen molar-refractivity contribution in [2.75, 3.05) is 6.61 Å². The molecule has 0 aliphatic heterocycles. The zero-order valence-electron chi connectivity index (χ0n) is 10.9. The molecule has 2 aromatic carbocycles. The van der Waals surface area contributed by atoms with Crippen molar-refractivity contribution in [3.05, 3.63) is 65.7 Å². The minimum atomic E-state index is -1.94. The van der Waals surface area contributed by atoms with E-state index in [2.05, 4.69) is 0 Å². The summed E-state index contributed by atoms with van der Waals surface area (Å²) in [6.07, 6.45) is -0.0164. The molecule has 0 aliphatic carbocycles. The van der Waals surface area contributed by atoms with Crippen molar-refractivity contribution in [1.82, 2.24) is 0 Å². The molecule has 0 heterocycles. The van der Waals surface area contributed by atoms with Crippen molar-refractivity contribution in [2.45, 2.75) is 12.0 Å². The highest BCUT2D eigenvalue weighted by Gasteiger charge is 2.37. The van der Waals surface area contributed by atoms with Crippen LogP contribution in [0.4, 0.5) is 0 Å². The number of para-hydroxylation sites is 1. The van der Waals surface area contributed by atoms with Crippen LogP contribution in [-0.4, -0.2) is 33.3 Å². The van der Waals surface area contributed by atoms with Gasteiger partial charge in [-0.15, -0.1) is 0 Å². The van der Waals surface area contributed by atoms with Crippen LogP contribution in [0, 0.1) is 0 Å². The molecule has 1 atom stereocenters. The van der Waals surface area contributed by atoms with Gasteiger partial charge in [0.05, 0.1) is 12.2 Å². The van der Waals surface area contributed by atoms with E-state index < -0.39 is 18.0 Å². The second kappa shape index (κ2) is 5.86. The average Bonchev–Trinajstić information content (AvgIpc) is 2.48. The number of ketones is 1. The Kier molecular flexibility index (Phi) is 4.17. The molecule has 4 heteroatoms. The minimum absolute atomic E-state index is 0.0000175. The van der Waals surface area contributed by atoms with Crippen LogP contribution >= 0.6 is 0 Å². The molecule has 0 spiro atoms. The lowest BCUT2D eigenvalue weighted by atomic mass is 9.87. The van der Waals surface area contributed by atoms with E-state index in [0.29, 0.717) is 0 Å². The predicted molar refractivity (Wildman–Crippen MR) is 74.6 cm³/mol. The summed E-state index contributed by atoms with van der Waals surface area (Å²) < 4.78 is 0. The molecule has 4 nitrogen and oxygen atoms in total. The zero-order chi connectivity index (χ0) is 14.6. The van der Waals surface area contributed by atoms with Gasteiger partial charge in [-0.25, -0.2) is 0 Å². The number of phenolic OH excluding ortho intramolecular Hbond substituents is 1. The summed E-state index contributed by atoms with van der Waals surface area (Å²) in [5.74, 6) is -0.903. The van der Waals surface area contributed by atoms with Crippen LogP contribution in [0.2, 0.25) is 0 Å². The molecular formula is C16H16O4. The Morgan fingerprint density at radius 2 is 1.60 bits per heavy atom. The van der Waals surface area contributed by atoms with Crippen LogP contribution in [0.5, 0.6) is 5.75 Å². The Hall–Kier alpha value is -2.17. The van der Waals surface area contributed by atoms with Crippen LogP contribution in [0.3, 0.4) is 0 Å². The van der Waals surface area contributed by atoms with Crippen molar-refractivity contribution in [1.29, 1.82) is 0 Å². The van der Waals surface area contributed by atoms with E-state index in [4.69, 9.17) is 0 Å². The summed E-state index contributed by atoms with van der Waals surface area (Å²) in [5.41, 5.74) is -1.21. The summed E-state index contributed by atoms with van der Waals surface area (Å²) in [4.78, 5) is 12.4. The van der Waals surface area contributed by atoms with Crippen molar-refractivity contribution in [3.63, 3.8) is 0 Å². The first-order chi connectivity index (χ1) is 9.57. The number of aliphatic hydroxyl groups is 2. The second-order valence-corrected chi connectivity index (χ2v) is 4.70. The van der Waals surface area contributed by atoms with Gasteiger partial charge in [-0.3, -0.25) is 4.79 Å². The van der Waals surface area contributed by atoms with Gasteiger partial charge in [0.15, 0.2) is 5.60 Å². The van der Waals surface area contributed by atoms with Gasteiger partial charge in [0.25, 0.3) is 0 Å². The Labute approximate surface area is 116 Å². The van der Waals surface area contributed by atoms with E-state index in [9.17, 15) is 20.1 Å². The number of aliphatic hydroxyl groups excluding tert-OH is 1. The topological polar surface area (TPSA) is 77.8 Å². The summed E-state index contributed by atoms with van der Waals surface area (Å²) in [6.45, 7) is -0.713. The first-order valence-electron chi connectivity index (χ1n) is 6.27. The fourth-order valence-electron chi connectivity index (χ4n) is 2.06. The third-order valence-electron chi connectivity index (χ3n) is 3.17. The monoisotopic (exact) mass is 272 g/mol. The second-order valence-electron chi connectivity index (χ2n) is 4.70. The number of hydrogen-bond acceptors (Lipinski definition) is 4. The van der Waals surface area contributed by atoms with E-state index in [1.54, 1.807) is 36.4 Å². The molecule has 2 aromatic rings. The molecule has 0 saturated heterocycles. The maximum atomic E-state index is 12.4. The molecule has 104 valence electrons. The average molecular weight is 272 g/mol. The molecule has 0 fully saturated rings. The van der Waals surface area contributed by atoms with Crippen molar-refractivity contribution in [3.8, 4) is 5.75 Å². The van der Waals surface area contributed by atoms with Gasteiger partial charge in [0.1, 0.15) is 5.75 Å². The molecule has 0 bridgehead atoms. The zero-order valence-corrected chi connectivity index (χ0v) is 10.9. The number of aromatic hydroxyl groups is 1. The predicted octanol–water partition coefficient (Wildman–Crippen LogP) is 1.54. The van der Waals surface area contributed by atoms with Crippen LogP contribution in [0.15, 0.2) is 54.6 Å². The first kappa shape index (κ1) is 14.2. The molecule has 0 aromatic heterocycles. The van der Waals surface area contributed by atoms with Gasteiger partial charge in [-0.2, -0.15) is 0 Å². The van der Waals surface area contributed by atoms with Gasteiger partial charge < -0.3 is 15.3 Å². The third kappa shape index (κ3) is 2.87. The number of Topliss-reactive ketones (excluding diaryl/α,β-unsaturated/α-hetero) is 1.